The van der Waals surface area contributed by atoms with Crippen LogP contribution in [-0.2, 0) is 9.59 Å². The van der Waals surface area contributed by atoms with E-state index in [2.05, 4.69) is 18.7 Å². The predicted molar refractivity (Wildman–Crippen MR) is 102 cm³/mol. The maximum Gasteiger partial charge on any atom is 0.326 e. The number of thioether (sulfide) groups is 1. The van der Waals surface area contributed by atoms with Crippen molar-refractivity contribution >= 4 is 51.9 Å². The van der Waals surface area contributed by atoms with Gasteiger partial charge in [0, 0.05) is 18.8 Å². The smallest absolute Gasteiger partial charge is 0.326 e. The van der Waals surface area contributed by atoms with Crippen molar-refractivity contribution in [3.8, 4) is 0 Å². The molecule has 24 heavy (non-hydrogen) atoms. The summed E-state index contributed by atoms with van der Waals surface area (Å²) < 4.78 is 0.279. The van der Waals surface area contributed by atoms with Crippen molar-refractivity contribution in [2.75, 3.05) is 18.0 Å². The number of carbonyl (C=O) groups is 2. The molecule has 1 unspecified atom stereocenters. The van der Waals surface area contributed by atoms with E-state index < -0.39 is 12.0 Å². The van der Waals surface area contributed by atoms with Gasteiger partial charge in [0.25, 0.3) is 5.91 Å². The van der Waals surface area contributed by atoms with Gasteiger partial charge in [0.05, 0.1) is 4.91 Å². The normalized spacial score (nSPS) is 17.5. The highest BCUT2D eigenvalue weighted by atomic mass is 32.2. The summed E-state index contributed by atoms with van der Waals surface area (Å²) in [6.07, 6.45) is 1.75. The maximum atomic E-state index is 12.4. The molecule has 7 heteroatoms. The van der Waals surface area contributed by atoms with Gasteiger partial charge < -0.3 is 10.0 Å². The summed E-state index contributed by atoms with van der Waals surface area (Å²) in [5.41, 5.74) is 2.01. The fourth-order valence-electron chi connectivity index (χ4n) is 2.45. The fraction of sp³-hybridized carbons (Fsp3) is 0.353. The van der Waals surface area contributed by atoms with Crippen LogP contribution >= 0.6 is 24.0 Å². The van der Waals surface area contributed by atoms with Crippen LogP contribution in [0.15, 0.2) is 29.2 Å². The van der Waals surface area contributed by atoms with E-state index in [0.29, 0.717) is 4.91 Å². The number of carbonyl (C=O) groups excluding carboxylic acids is 1. The van der Waals surface area contributed by atoms with Gasteiger partial charge in [0.1, 0.15) is 10.4 Å². The quantitative estimate of drug-likeness (QED) is 0.618. The number of nitrogens with zero attached hydrogens (tertiary/aromatic N) is 2. The molecule has 5 nitrogen and oxygen atoms in total. The highest BCUT2D eigenvalue weighted by molar-refractivity contribution is 8.26. The van der Waals surface area contributed by atoms with Crippen molar-refractivity contribution in [2.45, 2.75) is 26.8 Å². The largest absolute Gasteiger partial charge is 0.480 e. The summed E-state index contributed by atoms with van der Waals surface area (Å²) in [6.45, 7) is 7.52. The number of rotatable bonds is 6. The third-order valence-corrected chi connectivity index (χ3v) is 5.22. The van der Waals surface area contributed by atoms with Crippen molar-refractivity contribution in [3.63, 3.8) is 0 Å². The van der Waals surface area contributed by atoms with Crippen LogP contribution in [0.2, 0.25) is 0 Å². The van der Waals surface area contributed by atoms with Crippen LogP contribution < -0.4 is 4.90 Å². The van der Waals surface area contributed by atoms with Crippen LogP contribution in [0.5, 0.6) is 0 Å². The van der Waals surface area contributed by atoms with Gasteiger partial charge in [-0.1, -0.05) is 36.1 Å². The molecule has 128 valence electrons. The zero-order valence-corrected chi connectivity index (χ0v) is 15.5. The number of aliphatic carboxylic acids is 1. The molecule has 0 saturated carbocycles. The lowest BCUT2D eigenvalue weighted by Gasteiger charge is -2.20. The molecule has 0 aliphatic carbocycles. The molecule has 1 amide bonds. The van der Waals surface area contributed by atoms with Gasteiger partial charge in [0.2, 0.25) is 0 Å². The number of hydrogen-bond acceptors (Lipinski definition) is 5. The summed E-state index contributed by atoms with van der Waals surface area (Å²) in [5, 5.41) is 9.10. The minimum absolute atomic E-state index is 0.279. The van der Waals surface area contributed by atoms with Crippen LogP contribution in [0.3, 0.4) is 0 Å². The number of benzene rings is 1. The van der Waals surface area contributed by atoms with Gasteiger partial charge in [-0.25, -0.2) is 4.79 Å². The Morgan fingerprint density at radius 2 is 1.92 bits per heavy atom. The van der Waals surface area contributed by atoms with Gasteiger partial charge in [0.15, 0.2) is 0 Å². The minimum Gasteiger partial charge on any atom is -0.480 e. The van der Waals surface area contributed by atoms with Crippen molar-refractivity contribution < 1.29 is 14.7 Å². The van der Waals surface area contributed by atoms with E-state index in [9.17, 15) is 9.59 Å². The molecule has 0 aromatic heterocycles. The lowest BCUT2D eigenvalue weighted by atomic mass is 10.1. The summed E-state index contributed by atoms with van der Waals surface area (Å²) in [5.74, 6) is -1.43. The molecule has 1 N–H and O–H groups in total. The Morgan fingerprint density at radius 3 is 2.42 bits per heavy atom. The number of thiocarbonyl (C=S) groups is 1. The Hall–Kier alpha value is -1.86. The van der Waals surface area contributed by atoms with Crippen LogP contribution in [0, 0.1) is 0 Å². The Bertz CT molecular complexity index is 682. The van der Waals surface area contributed by atoms with Gasteiger partial charge in [-0.3, -0.25) is 9.69 Å². The standard InChI is InChI=1S/C17H20N2O3S2/c1-4-18(5-2)13-8-6-12(7-9-13)10-14-15(20)19(17(23)24-14)11(3)16(21)22/h6-11H,4-5H2,1-3H3,(H,21,22)/b14-10-. The number of hydrogen-bond donors (Lipinski definition) is 1. The Morgan fingerprint density at radius 1 is 1.33 bits per heavy atom. The van der Waals surface area contributed by atoms with E-state index in [4.69, 9.17) is 17.3 Å². The SMILES string of the molecule is CCN(CC)c1ccc(/C=C2\SC(=S)N(C(C)C(=O)O)C2=O)cc1. The van der Waals surface area contributed by atoms with Crippen LogP contribution in [-0.4, -0.2) is 45.3 Å². The highest BCUT2D eigenvalue weighted by Gasteiger charge is 2.38. The molecule has 1 aromatic rings. The second-order valence-corrected chi connectivity index (χ2v) is 7.01. The highest BCUT2D eigenvalue weighted by Crippen LogP contribution is 2.34. The molecule has 1 aliphatic rings. The first-order chi connectivity index (χ1) is 11.4. The molecule has 0 spiro atoms. The number of carboxylic acids is 1. The predicted octanol–water partition coefficient (Wildman–Crippen LogP) is 3.21. The third kappa shape index (κ3) is 3.79. The van der Waals surface area contributed by atoms with Gasteiger partial charge in [-0.05, 0) is 44.5 Å². The monoisotopic (exact) mass is 364 g/mol. The fourth-order valence-corrected chi connectivity index (χ4v) is 3.86. The second kappa shape index (κ2) is 7.81. The topological polar surface area (TPSA) is 60.9 Å². The Balaban J connectivity index is 2.21. The molecule has 0 radical (unpaired) electrons. The molecule has 2 rings (SSSR count). The first-order valence-corrected chi connectivity index (χ1v) is 8.96. The van der Waals surface area contributed by atoms with E-state index in [0.717, 1.165) is 41.0 Å². The lowest BCUT2D eigenvalue weighted by Crippen LogP contribution is -2.41. The second-order valence-electron chi connectivity index (χ2n) is 5.33. The van der Waals surface area contributed by atoms with Gasteiger partial charge >= 0.3 is 5.97 Å². The first kappa shape index (κ1) is 18.5. The summed E-state index contributed by atoms with van der Waals surface area (Å²) in [4.78, 5) is 27.4. The van der Waals surface area contributed by atoms with E-state index in [1.807, 2.05) is 24.3 Å². The zero-order valence-electron chi connectivity index (χ0n) is 13.9. The molecular weight excluding hydrogens is 344 g/mol. The van der Waals surface area contributed by atoms with Crippen molar-refractivity contribution in [2.24, 2.45) is 0 Å². The summed E-state index contributed by atoms with van der Waals surface area (Å²) in [7, 11) is 0. The van der Waals surface area contributed by atoms with Crippen LogP contribution in [0.4, 0.5) is 5.69 Å². The first-order valence-electron chi connectivity index (χ1n) is 7.73. The molecular formula is C17H20N2O3S2. The lowest BCUT2D eigenvalue weighted by molar-refractivity contribution is -0.144. The Kier molecular flexibility index (Phi) is 6.01. The van der Waals surface area contributed by atoms with Crippen molar-refractivity contribution in [1.29, 1.82) is 0 Å². The number of carboxylic acid groups (broad SMARTS) is 1. The summed E-state index contributed by atoms with van der Waals surface area (Å²) >= 11 is 6.29. The van der Waals surface area contributed by atoms with Gasteiger partial charge in [-0.2, -0.15) is 0 Å². The molecule has 1 aliphatic heterocycles. The van der Waals surface area contributed by atoms with Crippen molar-refractivity contribution in [3.05, 3.63) is 34.7 Å². The van der Waals surface area contributed by atoms with Gasteiger partial charge in [-0.15, -0.1) is 0 Å². The molecule has 1 aromatic carbocycles. The molecule has 1 atom stereocenters. The van der Waals surface area contributed by atoms with E-state index in [1.165, 1.54) is 6.92 Å². The maximum absolute atomic E-state index is 12.4. The number of amides is 1. The average Bonchev–Trinajstić information content (AvgIpc) is 2.83. The molecule has 1 heterocycles. The molecule has 0 bridgehead atoms. The van der Waals surface area contributed by atoms with Crippen LogP contribution in [0.25, 0.3) is 6.08 Å². The van der Waals surface area contributed by atoms with E-state index in [-0.39, 0.29) is 10.2 Å². The van der Waals surface area contributed by atoms with E-state index >= 15 is 0 Å². The molecule has 1 fully saturated rings. The third-order valence-electron chi connectivity index (χ3n) is 3.89. The summed E-state index contributed by atoms with van der Waals surface area (Å²) in [6, 6.07) is 6.95. The zero-order chi connectivity index (χ0) is 17.9. The molecule has 1 saturated heterocycles. The van der Waals surface area contributed by atoms with Crippen molar-refractivity contribution in [1.82, 2.24) is 4.90 Å². The Labute approximate surface area is 151 Å². The number of anilines is 1. The average molecular weight is 364 g/mol. The van der Waals surface area contributed by atoms with Crippen LogP contribution in [0.1, 0.15) is 26.3 Å². The minimum atomic E-state index is -1.07. The van der Waals surface area contributed by atoms with E-state index in [1.54, 1.807) is 6.08 Å².